The number of aromatic nitrogens is 4. The third kappa shape index (κ3) is 3.58. The molecule has 0 saturated carbocycles. The van der Waals surface area contributed by atoms with Crippen LogP contribution in [0.25, 0.3) is 11.2 Å². The number of aryl methyl sites for hydroxylation is 1. The maximum atomic E-state index is 12.3. The Morgan fingerprint density at radius 1 is 1.11 bits per heavy atom. The zero-order chi connectivity index (χ0) is 20.6. The fourth-order valence-electron chi connectivity index (χ4n) is 2.60. The molecule has 146 valence electrons. The number of carbonyl (C=O) groups excluding carboxylic acids is 2. The average Bonchev–Trinajstić information content (AvgIpc) is 3.08. The number of Topliss-reactive ketones (excluding diaryl/α,β-unsaturated/α-hetero) is 1. The smallest absolute Gasteiger partial charge is 0.332 e. The Morgan fingerprint density at radius 3 is 2.50 bits per heavy atom. The third-order valence-corrected chi connectivity index (χ3v) is 4.86. The predicted octanol–water partition coefficient (Wildman–Crippen LogP) is 1.17. The van der Waals surface area contributed by atoms with Crippen molar-refractivity contribution in [3.63, 3.8) is 0 Å². The summed E-state index contributed by atoms with van der Waals surface area (Å²) in [5.74, 6) is -1.20. The summed E-state index contributed by atoms with van der Waals surface area (Å²) in [6, 6.07) is 4.32. The Morgan fingerprint density at radius 2 is 1.82 bits per heavy atom. The first-order valence-electron chi connectivity index (χ1n) is 7.95. The van der Waals surface area contributed by atoms with Crippen molar-refractivity contribution < 1.29 is 14.3 Å². The second kappa shape index (κ2) is 7.61. The first kappa shape index (κ1) is 19.8. The SMILES string of the molecule is Cn1c(=O)c2c(ncn2CC(=O)OCC(=O)c2ccc(Cl)c(Cl)c2)n(C)c1=O. The van der Waals surface area contributed by atoms with E-state index in [0.29, 0.717) is 5.02 Å². The summed E-state index contributed by atoms with van der Waals surface area (Å²) in [4.78, 5) is 52.5. The van der Waals surface area contributed by atoms with Crippen LogP contribution in [-0.2, 0) is 30.2 Å². The number of fused-ring (bicyclic) bond motifs is 1. The van der Waals surface area contributed by atoms with E-state index in [1.165, 1.54) is 47.8 Å². The van der Waals surface area contributed by atoms with Crippen LogP contribution >= 0.6 is 23.2 Å². The summed E-state index contributed by atoms with van der Waals surface area (Å²) in [7, 11) is 2.80. The zero-order valence-electron chi connectivity index (χ0n) is 14.8. The van der Waals surface area contributed by atoms with E-state index in [-0.39, 0.29) is 28.3 Å². The average molecular weight is 425 g/mol. The number of esters is 1. The Balaban J connectivity index is 1.75. The van der Waals surface area contributed by atoms with Gasteiger partial charge in [-0.1, -0.05) is 23.2 Å². The molecule has 0 aliphatic rings. The van der Waals surface area contributed by atoms with E-state index >= 15 is 0 Å². The van der Waals surface area contributed by atoms with Crippen molar-refractivity contribution in [1.82, 2.24) is 18.7 Å². The lowest BCUT2D eigenvalue weighted by Crippen LogP contribution is -2.37. The van der Waals surface area contributed by atoms with Crippen LogP contribution in [0.15, 0.2) is 34.1 Å². The number of nitrogens with zero attached hydrogens (tertiary/aromatic N) is 4. The second-order valence-corrected chi connectivity index (χ2v) is 6.78. The van der Waals surface area contributed by atoms with Gasteiger partial charge in [0.1, 0.15) is 6.54 Å². The maximum Gasteiger partial charge on any atom is 0.332 e. The molecule has 2 heterocycles. The van der Waals surface area contributed by atoms with Gasteiger partial charge in [-0.05, 0) is 18.2 Å². The maximum absolute atomic E-state index is 12.3. The van der Waals surface area contributed by atoms with Gasteiger partial charge in [0.15, 0.2) is 23.6 Å². The number of benzene rings is 1. The molecule has 0 radical (unpaired) electrons. The molecule has 1 aromatic carbocycles. The van der Waals surface area contributed by atoms with E-state index in [9.17, 15) is 19.2 Å². The topological polar surface area (TPSA) is 105 Å². The van der Waals surface area contributed by atoms with Crippen LogP contribution in [0.1, 0.15) is 10.4 Å². The number of halogens is 2. The third-order valence-electron chi connectivity index (χ3n) is 4.12. The summed E-state index contributed by atoms with van der Waals surface area (Å²) < 4.78 is 8.37. The van der Waals surface area contributed by atoms with E-state index in [1.54, 1.807) is 0 Å². The summed E-state index contributed by atoms with van der Waals surface area (Å²) in [5, 5.41) is 0.517. The van der Waals surface area contributed by atoms with Crippen LogP contribution in [0.4, 0.5) is 0 Å². The molecular weight excluding hydrogens is 411 g/mol. The van der Waals surface area contributed by atoms with Crippen LogP contribution in [0.5, 0.6) is 0 Å². The number of hydrogen-bond acceptors (Lipinski definition) is 6. The van der Waals surface area contributed by atoms with Crippen LogP contribution < -0.4 is 11.2 Å². The second-order valence-electron chi connectivity index (χ2n) is 5.96. The van der Waals surface area contributed by atoms with Crippen molar-refractivity contribution in [2.45, 2.75) is 6.54 Å². The van der Waals surface area contributed by atoms with Gasteiger partial charge in [0.05, 0.1) is 16.4 Å². The molecule has 0 aliphatic carbocycles. The molecule has 0 amide bonds. The molecule has 3 rings (SSSR count). The van der Waals surface area contributed by atoms with E-state index in [2.05, 4.69) is 4.98 Å². The first-order chi connectivity index (χ1) is 13.2. The minimum Gasteiger partial charge on any atom is -0.456 e. The highest BCUT2D eigenvalue weighted by atomic mass is 35.5. The van der Waals surface area contributed by atoms with Crippen molar-refractivity contribution in [3.8, 4) is 0 Å². The lowest BCUT2D eigenvalue weighted by molar-refractivity contribution is -0.143. The highest BCUT2D eigenvalue weighted by molar-refractivity contribution is 6.42. The van der Waals surface area contributed by atoms with E-state index in [4.69, 9.17) is 27.9 Å². The number of ketones is 1. The van der Waals surface area contributed by atoms with Gasteiger partial charge >= 0.3 is 11.7 Å². The molecule has 0 unspecified atom stereocenters. The first-order valence-corrected chi connectivity index (χ1v) is 8.71. The molecule has 0 bridgehead atoms. The number of ether oxygens (including phenoxy) is 1. The van der Waals surface area contributed by atoms with Crippen molar-refractivity contribution >= 4 is 46.1 Å². The van der Waals surface area contributed by atoms with Crippen LogP contribution in [0, 0.1) is 0 Å². The van der Waals surface area contributed by atoms with Gasteiger partial charge in [0.2, 0.25) is 0 Å². The standard InChI is InChI=1S/C17H14Cl2N4O5/c1-21-15-14(16(26)22(2)17(21)27)23(8-20-15)6-13(25)28-7-12(24)9-3-4-10(18)11(19)5-9/h3-5,8H,6-7H2,1-2H3. The molecule has 0 saturated heterocycles. The minimum absolute atomic E-state index is 0.0809. The van der Waals surface area contributed by atoms with E-state index < -0.39 is 29.6 Å². The van der Waals surface area contributed by atoms with Gasteiger partial charge in [-0.15, -0.1) is 0 Å². The lowest BCUT2D eigenvalue weighted by atomic mass is 10.1. The largest absolute Gasteiger partial charge is 0.456 e. The summed E-state index contributed by atoms with van der Waals surface area (Å²) in [5.41, 5.74) is -0.642. The predicted molar refractivity (Wildman–Crippen MR) is 102 cm³/mol. The zero-order valence-corrected chi connectivity index (χ0v) is 16.3. The number of rotatable bonds is 5. The Bertz CT molecular complexity index is 1220. The fourth-order valence-corrected chi connectivity index (χ4v) is 2.90. The molecular formula is C17H14Cl2N4O5. The van der Waals surface area contributed by atoms with Gasteiger partial charge in [0, 0.05) is 19.7 Å². The summed E-state index contributed by atoms with van der Waals surface area (Å²) in [6.07, 6.45) is 1.26. The highest BCUT2D eigenvalue weighted by Crippen LogP contribution is 2.22. The van der Waals surface area contributed by atoms with E-state index in [1.807, 2.05) is 0 Å². The minimum atomic E-state index is -0.747. The molecule has 2 aromatic heterocycles. The summed E-state index contributed by atoms with van der Waals surface area (Å²) in [6.45, 7) is -0.849. The highest BCUT2D eigenvalue weighted by Gasteiger charge is 2.17. The van der Waals surface area contributed by atoms with Crippen molar-refractivity contribution in [1.29, 1.82) is 0 Å². The monoisotopic (exact) mass is 424 g/mol. The Labute approximate surface area is 167 Å². The van der Waals surface area contributed by atoms with Crippen LogP contribution in [-0.4, -0.2) is 37.0 Å². The molecule has 0 aliphatic heterocycles. The van der Waals surface area contributed by atoms with Gasteiger partial charge < -0.3 is 9.30 Å². The van der Waals surface area contributed by atoms with Gasteiger partial charge in [-0.3, -0.25) is 23.5 Å². The van der Waals surface area contributed by atoms with Gasteiger partial charge in [-0.25, -0.2) is 9.78 Å². The molecule has 11 heteroatoms. The lowest BCUT2D eigenvalue weighted by Gasteiger charge is -2.07. The molecule has 0 spiro atoms. The van der Waals surface area contributed by atoms with Crippen LogP contribution in [0.2, 0.25) is 10.0 Å². The molecule has 0 N–H and O–H groups in total. The molecule has 0 atom stereocenters. The Hall–Kier alpha value is -2.91. The molecule has 0 fully saturated rings. The fraction of sp³-hybridized carbons (Fsp3) is 0.235. The molecule has 28 heavy (non-hydrogen) atoms. The number of hydrogen-bond donors (Lipinski definition) is 0. The van der Waals surface area contributed by atoms with Crippen molar-refractivity contribution in [3.05, 3.63) is 61.0 Å². The number of carbonyl (C=O) groups is 2. The molecule has 3 aromatic rings. The van der Waals surface area contributed by atoms with E-state index in [0.717, 1.165) is 4.57 Å². The number of imidazole rings is 1. The summed E-state index contributed by atoms with van der Waals surface area (Å²) >= 11 is 11.7. The molecule has 9 nitrogen and oxygen atoms in total. The van der Waals surface area contributed by atoms with Gasteiger partial charge in [0.25, 0.3) is 5.56 Å². The normalized spacial score (nSPS) is 11.0. The van der Waals surface area contributed by atoms with Crippen molar-refractivity contribution in [2.24, 2.45) is 14.1 Å². The van der Waals surface area contributed by atoms with Crippen molar-refractivity contribution in [2.75, 3.05) is 6.61 Å². The quantitative estimate of drug-likeness (QED) is 0.449. The van der Waals surface area contributed by atoms with Crippen LogP contribution in [0.3, 0.4) is 0 Å². The van der Waals surface area contributed by atoms with Gasteiger partial charge in [-0.2, -0.15) is 0 Å². The Kier molecular flexibility index (Phi) is 5.39.